The Labute approximate surface area is 53.6 Å². The molecule has 0 spiro atoms. The van der Waals surface area contributed by atoms with Crippen LogP contribution in [0.1, 0.15) is 12.8 Å². The van der Waals surface area contributed by atoms with Gasteiger partial charge in [-0.25, -0.2) is 4.39 Å². The van der Waals surface area contributed by atoms with E-state index >= 15 is 0 Å². The topological polar surface area (TPSA) is 20.3 Å². The summed E-state index contributed by atoms with van der Waals surface area (Å²) in [5, 5.41) is 0. The van der Waals surface area contributed by atoms with Crippen LogP contribution in [0.5, 0.6) is 0 Å². The van der Waals surface area contributed by atoms with Crippen molar-refractivity contribution in [2.24, 2.45) is 0 Å². The van der Waals surface area contributed by atoms with Gasteiger partial charge in [-0.1, -0.05) is 0 Å². The van der Waals surface area contributed by atoms with Crippen LogP contribution in [-0.2, 0) is 4.79 Å². The zero-order valence-electron chi connectivity index (χ0n) is 5.43. The zero-order valence-corrected chi connectivity index (χ0v) is 5.43. The lowest BCUT2D eigenvalue weighted by molar-refractivity contribution is -0.133. The number of alkyl halides is 1. The molecule has 52 valence electrons. The van der Waals surface area contributed by atoms with E-state index in [-0.39, 0.29) is 12.3 Å². The Morgan fingerprint density at radius 1 is 1.78 bits per heavy atom. The molecule has 1 aliphatic heterocycles. The van der Waals surface area contributed by atoms with Crippen LogP contribution >= 0.6 is 0 Å². The summed E-state index contributed by atoms with van der Waals surface area (Å²) >= 11 is 0. The summed E-state index contributed by atoms with van der Waals surface area (Å²) in [6, 6.07) is 0. The second kappa shape index (κ2) is 2.33. The number of piperidine rings is 1. The molecule has 0 aromatic carbocycles. The molecular weight excluding hydrogens is 121 g/mol. The van der Waals surface area contributed by atoms with Crippen molar-refractivity contribution < 1.29 is 9.18 Å². The van der Waals surface area contributed by atoms with Gasteiger partial charge in [-0.15, -0.1) is 0 Å². The molecule has 0 aromatic heterocycles. The minimum atomic E-state index is -0.895. The highest BCUT2D eigenvalue weighted by atomic mass is 19.1. The summed E-state index contributed by atoms with van der Waals surface area (Å²) in [6.07, 6.45) is -0.313. The lowest BCUT2D eigenvalue weighted by Crippen LogP contribution is -2.36. The Morgan fingerprint density at radius 2 is 2.44 bits per heavy atom. The number of rotatable bonds is 0. The van der Waals surface area contributed by atoms with E-state index in [0.29, 0.717) is 13.0 Å². The molecule has 2 nitrogen and oxygen atoms in total. The van der Waals surface area contributed by atoms with Crippen molar-refractivity contribution in [3.8, 4) is 0 Å². The Kier molecular flexibility index (Phi) is 1.69. The maximum atomic E-state index is 12.4. The minimum Gasteiger partial charge on any atom is -0.346 e. The molecule has 1 rings (SSSR count). The predicted molar refractivity (Wildman–Crippen MR) is 31.8 cm³/mol. The van der Waals surface area contributed by atoms with Crippen molar-refractivity contribution in [2.45, 2.75) is 19.0 Å². The predicted octanol–water partition coefficient (Wildman–Crippen LogP) is 0.577. The molecule has 0 unspecified atom stereocenters. The highest BCUT2D eigenvalue weighted by Crippen LogP contribution is 2.12. The third-order valence-corrected chi connectivity index (χ3v) is 1.60. The van der Waals surface area contributed by atoms with Crippen LogP contribution in [0.4, 0.5) is 4.39 Å². The maximum Gasteiger partial charge on any atom is 0.225 e. The number of halogens is 1. The summed E-state index contributed by atoms with van der Waals surface area (Å²) in [4.78, 5) is 12.3. The Bertz CT molecular complexity index is 126. The highest BCUT2D eigenvalue weighted by Gasteiger charge is 2.21. The molecule has 1 amide bonds. The fraction of sp³-hybridized carbons (Fsp3) is 0.833. The van der Waals surface area contributed by atoms with E-state index in [0.717, 1.165) is 0 Å². The van der Waals surface area contributed by atoms with Gasteiger partial charge in [0.25, 0.3) is 0 Å². The first-order valence-electron chi connectivity index (χ1n) is 3.08. The van der Waals surface area contributed by atoms with Crippen molar-refractivity contribution >= 4 is 5.91 Å². The van der Waals surface area contributed by atoms with Crippen LogP contribution in [0.25, 0.3) is 0 Å². The number of amides is 1. The average molecular weight is 131 g/mol. The van der Waals surface area contributed by atoms with Gasteiger partial charge in [-0.05, 0) is 6.42 Å². The third-order valence-electron chi connectivity index (χ3n) is 1.60. The second-order valence-corrected chi connectivity index (χ2v) is 2.41. The van der Waals surface area contributed by atoms with E-state index < -0.39 is 6.17 Å². The molecule has 1 aliphatic rings. The van der Waals surface area contributed by atoms with Crippen LogP contribution in [-0.4, -0.2) is 30.6 Å². The number of carbonyl (C=O) groups excluding carboxylic acids is 1. The zero-order chi connectivity index (χ0) is 6.85. The third kappa shape index (κ3) is 1.40. The van der Waals surface area contributed by atoms with Gasteiger partial charge in [0, 0.05) is 13.6 Å². The Hall–Kier alpha value is -0.600. The molecule has 0 aliphatic carbocycles. The molecule has 0 aromatic rings. The van der Waals surface area contributed by atoms with E-state index in [4.69, 9.17) is 0 Å². The van der Waals surface area contributed by atoms with Crippen LogP contribution in [0, 0.1) is 0 Å². The average Bonchev–Trinajstić information content (AvgIpc) is 1.80. The first-order valence-corrected chi connectivity index (χ1v) is 3.08. The fourth-order valence-corrected chi connectivity index (χ4v) is 0.906. The molecule has 0 saturated carbocycles. The lowest BCUT2D eigenvalue weighted by Gasteiger charge is -2.23. The minimum absolute atomic E-state index is 0.0752. The quantitative estimate of drug-likeness (QED) is 0.471. The second-order valence-electron chi connectivity index (χ2n) is 2.41. The molecule has 0 N–H and O–H groups in total. The van der Waals surface area contributed by atoms with Crippen LogP contribution in [0.2, 0.25) is 0 Å². The molecule has 1 fully saturated rings. The van der Waals surface area contributed by atoms with Gasteiger partial charge in [-0.3, -0.25) is 4.79 Å². The van der Waals surface area contributed by atoms with Crippen molar-refractivity contribution in [3.05, 3.63) is 0 Å². The standard InChI is InChI=1S/C6H10FNO/c1-8-3-2-5(7)4-6(8)9/h5H,2-4H2,1H3/t5-/m1/s1. The summed E-state index contributed by atoms with van der Waals surface area (Å²) in [6.45, 7) is 0.569. The molecular formula is C6H10FNO. The van der Waals surface area contributed by atoms with E-state index in [2.05, 4.69) is 0 Å². The first kappa shape index (κ1) is 6.52. The van der Waals surface area contributed by atoms with Gasteiger partial charge in [0.2, 0.25) is 5.91 Å². The highest BCUT2D eigenvalue weighted by molar-refractivity contribution is 5.77. The van der Waals surface area contributed by atoms with Crippen LogP contribution in [0.15, 0.2) is 0 Å². The normalized spacial score (nSPS) is 28.9. The van der Waals surface area contributed by atoms with Crippen molar-refractivity contribution in [3.63, 3.8) is 0 Å². The first-order chi connectivity index (χ1) is 4.20. The smallest absolute Gasteiger partial charge is 0.225 e. The van der Waals surface area contributed by atoms with Crippen molar-refractivity contribution in [2.75, 3.05) is 13.6 Å². The summed E-state index contributed by atoms with van der Waals surface area (Å²) < 4.78 is 12.4. The number of hydrogen-bond acceptors (Lipinski definition) is 1. The summed E-state index contributed by atoms with van der Waals surface area (Å²) in [5.41, 5.74) is 0. The molecule has 1 heterocycles. The van der Waals surface area contributed by atoms with Gasteiger partial charge in [0.05, 0.1) is 6.42 Å². The van der Waals surface area contributed by atoms with Crippen LogP contribution in [0.3, 0.4) is 0 Å². The summed E-state index contributed by atoms with van der Waals surface area (Å²) in [7, 11) is 1.70. The largest absolute Gasteiger partial charge is 0.346 e. The number of nitrogens with zero attached hydrogens (tertiary/aromatic N) is 1. The van der Waals surface area contributed by atoms with Gasteiger partial charge in [-0.2, -0.15) is 0 Å². The molecule has 1 atom stereocenters. The molecule has 0 bridgehead atoms. The van der Waals surface area contributed by atoms with E-state index in [9.17, 15) is 9.18 Å². The lowest BCUT2D eigenvalue weighted by atomic mass is 10.1. The van der Waals surface area contributed by atoms with Gasteiger partial charge in [0.1, 0.15) is 6.17 Å². The molecule has 1 saturated heterocycles. The van der Waals surface area contributed by atoms with E-state index in [1.807, 2.05) is 0 Å². The van der Waals surface area contributed by atoms with Crippen molar-refractivity contribution in [1.82, 2.24) is 4.90 Å². The number of carbonyl (C=O) groups is 1. The molecule has 3 heteroatoms. The molecule has 0 radical (unpaired) electrons. The van der Waals surface area contributed by atoms with Crippen molar-refractivity contribution in [1.29, 1.82) is 0 Å². The van der Waals surface area contributed by atoms with Gasteiger partial charge < -0.3 is 4.90 Å². The van der Waals surface area contributed by atoms with E-state index in [1.165, 1.54) is 0 Å². The number of hydrogen-bond donors (Lipinski definition) is 0. The number of likely N-dealkylation sites (tertiary alicyclic amines) is 1. The van der Waals surface area contributed by atoms with Gasteiger partial charge >= 0.3 is 0 Å². The Morgan fingerprint density at radius 3 is 2.89 bits per heavy atom. The van der Waals surface area contributed by atoms with Crippen LogP contribution < -0.4 is 0 Å². The Balaban J connectivity index is 2.44. The molecule has 9 heavy (non-hydrogen) atoms. The van der Waals surface area contributed by atoms with E-state index in [1.54, 1.807) is 11.9 Å². The van der Waals surface area contributed by atoms with Gasteiger partial charge in [0.15, 0.2) is 0 Å². The maximum absolute atomic E-state index is 12.4. The fourth-order valence-electron chi connectivity index (χ4n) is 0.906. The summed E-state index contributed by atoms with van der Waals surface area (Å²) in [5.74, 6) is -0.0752. The monoisotopic (exact) mass is 131 g/mol. The SMILES string of the molecule is CN1CC[C@@H](F)CC1=O.